The van der Waals surface area contributed by atoms with E-state index in [2.05, 4.69) is 21.4 Å². The van der Waals surface area contributed by atoms with E-state index in [1.807, 2.05) is 30.3 Å². The van der Waals surface area contributed by atoms with Crippen molar-refractivity contribution in [2.45, 2.75) is 10.7 Å². The van der Waals surface area contributed by atoms with Crippen molar-refractivity contribution in [2.24, 2.45) is 0 Å². The maximum atomic E-state index is 9.54. The zero-order valence-electron chi connectivity index (χ0n) is 10.6. The molecule has 2 aromatic rings. The lowest BCUT2D eigenvalue weighted by molar-refractivity contribution is 0.527. The van der Waals surface area contributed by atoms with Gasteiger partial charge in [-0.15, -0.1) is 0 Å². The van der Waals surface area contributed by atoms with Gasteiger partial charge in [0.15, 0.2) is 5.16 Å². The summed E-state index contributed by atoms with van der Waals surface area (Å²) in [5, 5.41) is 13.3. The number of nitrogens with one attached hydrogen (secondary N) is 1. The van der Waals surface area contributed by atoms with Gasteiger partial charge in [0, 0.05) is 18.1 Å². The van der Waals surface area contributed by atoms with Gasteiger partial charge in [-0.05, 0) is 18.7 Å². The molecule has 0 spiro atoms. The second-order valence-corrected chi connectivity index (χ2v) is 4.90. The summed E-state index contributed by atoms with van der Waals surface area (Å²) in [6.07, 6.45) is 3.40. The summed E-state index contributed by atoms with van der Waals surface area (Å²) in [4.78, 5) is 8.32. The lowest BCUT2D eigenvalue weighted by Crippen LogP contribution is -2.41. The zero-order valence-corrected chi connectivity index (χ0v) is 11.4. The Labute approximate surface area is 116 Å². The van der Waals surface area contributed by atoms with E-state index in [-0.39, 0.29) is 0 Å². The van der Waals surface area contributed by atoms with E-state index in [9.17, 15) is 5.26 Å². The molecule has 0 fully saturated rings. The summed E-state index contributed by atoms with van der Waals surface area (Å²) >= 11 is 1.46. The Morgan fingerprint density at radius 3 is 2.47 bits per heavy atom. The smallest absolute Gasteiger partial charge is 0.187 e. The van der Waals surface area contributed by atoms with Crippen LogP contribution in [0, 0.1) is 11.3 Å². The SMILES string of the molecule is CNC(C#N)(CSc1ncccn1)c1ccccc1. The maximum Gasteiger partial charge on any atom is 0.187 e. The Bertz CT molecular complexity index is 553. The van der Waals surface area contributed by atoms with Crippen LogP contribution in [0.1, 0.15) is 5.56 Å². The van der Waals surface area contributed by atoms with E-state index < -0.39 is 5.54 Å². The zero-order chi connectivity index (χ0) is 13.6. The molecule has 1 aromatic carbocycles. The molecule has 2 rings (SSSR count). The second kappa shape index (κ2) is 6.32. The van der Waals surface area contributed by atoms with Crippen LogP contribution in [0.15, 0.2) is 53.9 Å². The largest absolute Gasteiger partial charge is 0.298 e. The van der Waals surface area contributed by atoms with Crippen molar-refractivity contribution in [1.82, 2.24) is 15.3 Å². The molecule has 0 saturated carbocycles. The Morgan fingerprint density at radius 1 is 1.21 bits per heavy atom. The third-order valence-corrected chi connectivity index (χ3v) is 3.89. The number of thioether (sulfide) groups is 1. The van der Waals surface area contributed by atoms with Crippen molar-refractivity contribution >= 4 is 11.8 Å². The molecule has 0 radical (unpaired) electrons. The Morgan fingerprint density at radius 2 is 1.89 bits per heavy atom. The lowest BCUT2D eigenvalue weighted by atomic mass is 9.94. The number of benzene rings is 1. The fourth-order valence-corrected chi connectivity index (χ4v) is 2.70. The monoisotopic (exact) mass is 270 g/mol. The van der Waals surface area contributed by atoms with E-state index >= 15 is 0 Å². The van der Waals surface area contributed by atoms with Gasteiger partial charge in [0.05, 0.1) is 6.07 Å². The number of nitrogens with zero attached hydrogens (tertiary/aromatic N) is 3. The van der Waals surface area contributed by atoms with Crippen molar-refractivity contribution in [1.29, 1.82) is 5.26 Å². The van der Waals surface area contributed by atoms with E-state index in [1.54, 1.807) is 25.5 Å². The third-order valence-electron chi connectivity index (χ3n) is 2.84. The summed E-state index contributed by atoms with van der Waals surface area (Å²) in [5.41, 5.74) is 0.217. The van der Waals surface area contributed by atoms with Gasteiger partial charge in [-0.1, -0.05) is 42.1 Å². The molecule has 4 nitrogen and oxygen atoms in total. The summed E-state index contributed by atoms with van der Waals surface area (Å²) in [7, 11) is 1.79. The van der Waals surface area contributed by atoms with Crippen LogP contribution in [-0.4, -0.2) is 22.8 Å². The van der Waals surface area contributed by atoms with Crippen molar-refractivity contribution in [2.75, 3.05) is 12.8 Å². The third kappa shape index (κ3) is 3.11. The maximum absolute atomic E-state index is 9.54. The van der Waals surface area contributed by atoms with Gasteiger partial charge in [0.2, 0.25) is 0 Å². The molecular weight excluding hydrogens is 256 g/mol. The summed E-state index contributed by atoms with van der Waals surface area (Å²) < 4.78 is 0. The molecule has 1 atom stereocenters. The van der Waals surface area contributed by atoms with E-state index in [0.29, 0.717) is 10.9 Å². The van der Waals surface area contributed by atoms with Crippen LogP contribution in [0.25, 0.3) is 0 Å². The quantitative estimate of drug-likeness (QED) is 0.666. The fourth-order valence-electron chi connectivity index (χ4n) is 1.71. The summed E-state index contributed by atoms with van der Waals surface area (Å²) in [5.74, 6) is 0.550. The summed E-state index contributed by atoms with van der Waals surface area (Å²) in [6.45, 7) is 0. The standard InChI is InChI=1S/C14H14N4S/c1-16-14(10-15,12-6-3-2-4-7-12)11-19-13-17-8-5-9-18-13/h2-9,16H,11H2,1H3. The predicted octanol–water partition coefficient (Wildman–Crippen LogP) is 2.21. The number of nitriles is 1. The number of aromatic nitrogens is 2. The Kier molecular flexibility index (Phi) is 4.50. The second-order valence-electron chi connectivity index (χ2n) is 3.95. The van der Waals surface area contributed by atoms with Gasteiger partial charge >= 0.3 is 0 Å². The number of rotatable bonds is 5. The van der Waals surface area contributed by atoms with E-state index in [4.69, 9.17) is 0 Å². The molecule has 1 N–H and O–H groups in total. The molecule has 0 bridgehead atoms. The minimum Gasteiger partial charge on any atom is -0.298 e. The Hall–Kier alpha value is -1.90. The van der Waals surface area contributed by atoms with Crippen LogP contribution < -0.4 is 5.32 Å². The first kappa shape index (κ1) is 13.5. The van der Waals surface area contributed by atoms with Gasteiger partial charge in [0.25, 0.3) is 0 Å². The van der Waals surface area contributed by atoms with Gasteiger partial charge in [-0.25, -0.2) is 9.97 Å². The molecular formula is C14H14N4S. The topological polar surface area (TPSA) is 61.6 Å². The molecule has 1 aromatic heterocycles. The molecule has 0 aliphatic rings. The first-order chi connectivity index (χ1) is 9.30. The van der Waals surface area contributed by atoms with E-state index in [0.717, 1.165) is 5.56 Å². The van der Waals surface area contributed by atoms with Crippen LogP contribution >= 0.6 is 11.8 Å². The summed E-state index contributed by atoms with van der Waals surface area (Å²) in [6, 6.07) is 13.8. The molecule has 19 heavy (non-hydrogen) atoms. The van der Waals surface area contributed by atoms with Gasteiger partial charge in [-0.2, -0.15) is 5.26 Å². The van der Waals surface area contributed by atoms with Crippen LogP contribution in [0.2, 0.25) is 0 Å². The first-order valence-corrected chi connectivity index (χ1v) is 6.85. The van der Waals surface area contributed by atoms with E-state index in [1.165, 1.54) is 11.8 Å². The van der Waals surface area contributed by atoms with Crippen molar-refractivity contribution < 1.29 is 0 Å². The minimum absolute atomic E-state index is 0.550. The highest BCUT2D eigenvalue weighted by Gasteiger charge is 2.30. The molecule has 0 aliphatic heterocycles. The van der Waals surface area contributed by atoms with Crippen LogP contribution in [0.4, 0.5) is 0 Å². The molecule has 0 amide bonds. The highest BCUT2D eigenvalue weighted by atomic mass is 32.2. The van der Waals surface area contributed by atoms with Crippen molar-refractivity contribution in [3.63, 3.8) is 0 Å². The molecule has 0 saturated heterocycles. The average Bonchev–Trinajstić information content (AvgIpc) is 2.51. The van der Waals surface area contributed by atoms with Gasteiger partial charge in [0.1, 0.15) is 5.54 Å². The fraction of sp³-hybridized carbons (Fsp3) is 0.214. The van der Waals surface area contributed by atoms with Crippen LogP contribution in [-0.2, 0) is 5.54 Å². The average molecular weight is 270 g/mol. The highest BCUT2D eigenvalue weighted by Crippen LogP contribution is 2.27. The first-order valence-electron chi connectivity index (χ1n) is 5.86. The molecule has 5 heteroatoms. The number of hydrogen-bond donors (Lipinski definition) is 1. The minimum atomic E-state index is -0.731. The lowest BCUT2D eigenvalue weighted by Gasteiger charge is -2.25. The van der Waals surface area contributed by atoms with Crippen molar-refractivity contribution in [3.05, 3.63) is 54.4 Å². The van der Waals surface area contributed by atoms with Crippen LogP contribution in [0.5, 0.6) is 0 Å². The molecule has 1 unspecified atom stereocenters. The van der Waals surface area contributed by atoms with Crippen LogP contribution in [0.3, 0.4) is 0 Å². The Balaban J connectivity index is 2.20. The number of hydrogen-bond acceptors (Lipinski definition) is 5. The molecule has 0 aliphatic carbocycles. The molecule has 96 valence electrons. The highest BCUT2D eigenvalue weighted by molar-refractivity contribution is 7.99. The van der Waals surface area contributed by atoms with Gasteiger partial charge < -0.3 is 0 Å². The predicted molar refractivity (Wildman–Crippen MR) is 75.5 cm³/mol. The normalized spacial score (nSPS) is 13.5. The molecule has 1 heterocycles. The van der Waals surface area contributed by atoms with Gasteiger partial charge in [-0.3, -0.25) is 5.32 Å². The van der Waals surface area contributed by atoms with Crippen molar-refractivity contribution in [3.8, 4) is 6.07 Å².